The summed E-state index contributed by atoms with van der Waals surface area (Å²) in [7, 11) is 0. The highest BCUT2D eigenvalue weighted by molar-refractivity contribution is 5.94. The standard InChI is InChI=1S/C20H23N3O2/c24-19-9-5-2-6-14-23(19)15-18(16-7-3-1-4-8-16)22-20(25)17-10-12-21-13-11-17/h1,3-4,7-8,10-13,18H,2,5-6,9,14-15H2,(H,22,25)/t18-/m1/s1. The molecule has 3 rings (SSSR count). The van der Waals surface area contributed by atoms with Crippen LogP contribution in [-0.2, 0) is 4.79 Å². The lowest BCUT2D eigenvalue weighted by atomic mass is 10.1. The van der Waals surface area contributed by atoms with Crippen LogP contribution in [-0.4, -0.2) is 34.8 Å². The van der Waals surface area contributed by atoms with Crippen molar-refractivity contribution in [2.75, 3.05) is 13.1 Å². The zero-order valence-corrected chi connectivity index (χ0v) is 14.2. The second-order valence-corrected chi connectivity index (χ2v) is 6.32. The molecule has 25 heavy (non-hydrogen) atoms. The van der Waals surface area contributed by atoms with Gasteiger partial charge in [0, 0.05) is 37.5 Å². The van der Waals surface area contributed by atoms with Crippen LogP contribution in [0.25, 0.3) is 0 Å². The number of pyridine rings is 1. The number of hydrogen-bond donors (Lipinski definition) is 1. The highest BCUT2D eigenvalue weighted by Gasteiger charge is 2.23. The van der Waals surface area contributed by atoms with Crippen LogP contribution in [0.2, 0.25) is 0 Å². The number of rotatable bonds is 5. The smallest absolute Gasteiger partial charge is 0.251 e. The Labute approximate surface area is 148 Å². The molecule has 1 atom stereocenters. The van der Waals surface area contributed by atoms with Crippen molar-refractivity contribution < 1.29 is 9.59 Å². The molecule has 0 radical (unpaired) electrons. The van der Waals surface area contributed by atoms with E-state index in [1.165, 1.54) is 0 Å². The summed E-state index contributed by atoms with van der Waals surface area (Å²) >= 11 is 0. The maximum absolute atomic E-state index is 12.6. The topological polar surface area (TPSA) is 62.3 Å². The molecule has 2 aromatic rings. The van der Waals surface area contributed by atoms with Gasteiger partial charge in [-0.25, -0.2) is 0 Å². The van der Waals surface area contributed by atoms with E-state index >= 15 is 0 Å². The number of carbonyl (C=O) groups is 2. The second-order valence-electron chi connectivity index (χ2n) is 6.32. The minimum Gasteiger partial charge on any atom is -0.343 e. The lowest BCUT2D eigenvalue weighted by Gasteiger charge is -2.27. The maximum Gasteiger partial charge on any atom is 0.251 e. The first-order valence-corrected chi connectivity index (χ1v) is 8.77. The Kier molecular flexibility index (Phi) is 5.77. The molecule has 1 aromatic heterocycles. The first kappa shape index (κ1) is 17.1. The van der Waals surface area contributed by atoms with Crippen molar-refractivity contribution in [3.05, 3.63) is 66.0 Å². The van der Waals surface area contributed by atoms with Crippen LogP contribution in [0.3, 0.4) is 0 Å². The van der Waals surface area contributed by atoms with Gasteiger partial charge in [-0.2, -0.15) is 0 Å². The third kappa shape index (κ3) is 4.66. The van der Waals surface area contributed by atoms with E-state index in [0.29, 0.717) is 18.5 Å². The first-order valence-electron chi connectivity index (χ1n) is 8.77. The van der Waals surface area contributed by atoms with Gasteiger partial charge in [0.2, 0.25) is 5.91 Å². The Morgan fingerprint density at radius 3 is 2.60 bits per heavy atom. The highest BCUT2D eigenvalue weighted by Crippen LogP contribution is 2.19. The summed E-state index contributed by atoms with van der Waals surface area (Å²) in [5, 5.41) is 3.08. The second kappa shape index (κ2) is 8.42. The number of aromatic nitrogens is 1. The van der Waals surface area contributed by atoms with Gasteiger partial charge in [-0.3, -0.25) is 14.6 Å². The van der Waals surface area contributed by atoms with Gasteiger partial charge in [-0.1, -0.05) is 36.8 Å². The molecule has 2 amide bonds. The van der Waals surface area contributed by atoms with E-state index in [0.717, 1.165) is 31.4 Å². The Morgan fingerprint density at radius 1 is 1.08 bits per heavy atom. The van der Waals surface area contributed by atoms with Crippen LogP contribution in [0.4, 0.5) is 0 Å². The van der Waals surface area contributed by atoms with Crippen LogP contribution in [0, 0.1) is 0 Å². The molecule has 1 saturated heterocycles. The Hall–Kier alpha value is -2.69. The molecule has 0 saturated carbocycles. The molecular formula is C20H23N3O2. The predicted octanol–water partition coefficient (Wildman–Crippen LogP) is 2.96. The molecule has 1 N–H and O–H groups in total. The largest absolute Gasteiger partial charge is 0.343 e. The molecule has 130 valence electrons. The number of hydrogen-bond acceptors (Lipinski definition) is 3. The molecule has 2 heterocycles. The molecule has 1 aliphatic heterocycles. The van der Waals surface area contributed by atoms with Crippen molar-refractivity contribution in [3.8, 4) is 0 Å². The average molecular weight is 337 g/mol. The fourth-order valence-electron chi connectivity index (χ4n) is 3.12. The summed E-state index contributed by atoms with van der Waals surface area (Å²) in [5.74, 6) is 0.0233. The first-order chi connectivity index (χ1) is 12.2. The van der Waals surface area contributed by atoms with Gasteiger partial charge in [-0.05, 0) is 30.5 Å². The molecule has 5 nitrogen and oxygen atoms in total. The zero-order chi connectivity index (χ0) is 17.5. The number of nitrogens with one attached hydrogen (secondary N) is 1. The minimum atomic E-state index is -0.232. The van der Waals surface area contributed by atoms with Crippen molar-refractivity contribution in [1.29, 1.82) is 0 Å². The number of nitrogens with zero attached hydrogens (tertiary/aromatic N) is 2. The number of carbonyl (C=O) groups excluding carboxylic acids is 2. The third-order valence-corrected chi connectivity index (χ3v) is 4.52. The highest BCUT2D eigenvalue weighted by atomic mass is 16.2. The van der Waals surface area contributed by atoms with Crippen molar-refractivity contribution in [2.45, 2.75) is 31.7 Å². The number of amides is 2. The summed E-state index contributed by atoms with van der Waals surface area (Å²) in [6, 6.07) is 13.0. The average Bonchev–Trinajstić information content (AvgIpc) is 2.87. The fraction of sp³-hybridized carbons (Fsp3) is 0.350. The molecular weight excluding hydrogens is 314 g/mol. The molecule has 0 bridgehead atoms. The normalized spacial score (nSPS) is 16.2. The lowest BCUT2D eigenvalue weighted by molar-refractivity contribution is -0.131. The van der Waals surface area contributed by atoms with Crippen LogP contribution in [0.1, 0.15) is 47.6 Å². The van der Waals surface area contributed by atoms with E-state index < -0.39 is 0 Å². The van der Waals surface area contributed by atoms with E-state index in [2.05, 4.69) is 10.3 Å². The van der Waals surface area contributed by atoms with E-state index in [4.69, 9.17) is 0 Å². The summed E-state index contributed by atoms with van der Waals surface area (Å²) in [5.41, 5.74) is 1.57. The minimum absolute atomic E-state index is 0.154. The predicted molar refractivity (Wildman–Crippen MR) is 95.9 cm³/mol. The van der Waals surface area contributed by atoms with Gasteiger partial charge in [-0.15, -0.1) is 0 Å². The van der Waals surface area contributed by atoms with Crippen LogP contribution in [0.15, 0.2) is 54.9 Å². The molecule has 0 unspecified atom stereocenters. The van der Waals surface area contributed by atoms with Gasteiger partial charge in [0.25, 0.3) is 5.91 Å². The molecule has 1 aliphatic rings. The number of benzene rings is 1. The Bertz CT molecular complexity index is 703. The van der Waals surface area contributed by atoms with Crippen LogP contribution >= 0.6 is 0 Å². The van der Waals surface area contributed by atoms with Crippen molar-refractivity contribution in [2.24, 2.45) is 0 Å². The van der Waals surface area contributed by atoms with Crippen molar-refractivity contribution >= 4 is 11.8 Å². The number of likely N-dealkylation sites (tertiary alicyclic amines) is 1. The van der Waals surface area contributed by atoms with E-state index in [1.807, 2.05) is 35.2 Å². The van der Waals surface area contributed by atoms with Gasteiger partial charge < -0.3 is 10.2 Å². The molecule has 1 fully saturated rings. The van der Waals surface area contributed by atoms with E-state index in [-0.39, 0.29) is 17.9 Å². The molecule has 0 aliphatic carbocycles. The van der Waals surface area contributed by atoms with E-state index in [9.17, 15) is 9.59 Å². The quantitative estimate of drug-likeness (QED) is 0.912. The maximum atomic E-state index is 12.6. The van der Waals surface area contributed by atoms with Gasteiger partial charge in [0.05, 0.1) is 6.04 Å². The monoisotopic (exact) mass is 337 g/mol. The molecule has 5 heteroatoms. The van der Waals surface area contributed by atoms with Crippen molar-refractivity contribution in [3.63, 3.8) is 0 Å². The third-order valence-electron chi connectivity index (χ3n) is 4.52. The summed E-state index contributed by atoms with van der Waals surface area (Å²) in [4.78, 5) is 30.8. The zero-order valence-electron chi connectivity index (χ0n) is 14.2. The summed E-state index contributed by atoms with van der Waals surface area (Å²) in [6.07, 6.45) is 6.86. The lowest BCUT2D eigenvalue weighted by Crippen LogP contribution is -2.40. The van der Waals surface area contributed by atoms with Gasteiger partial charge >= 0.3 is 0 Å². The SMILES string of the molecule is O=C(N[C@H](CN1CCCCCC1=O)c1ccccc1)c1ccncc1. The van der Waals surface area contributed by atoms with E-state index in [1.54, 1.807) is 24.5 Å². The fourth-order valence-corrected chi connectivity index (χ4v) is 3.12. The Morgan fingerprint density at radius 2 is 1.84 bits per heavy atom. The summed E-state index contributed by atoms with van der Waals surface area (Å²) < 4.78 is 0. The summed E-state index contributed by atoms with van der Waals surface area (Å²) in [6.45, 7) is 1.26. The van der Waals surface area contributed by atoms with Gasteiger partial charge in [0.1, 0.15) is 0 Å². The van der Waals surface area contributed by atoms with Crippen LogP contribution in [0.5, 0.6) is 0 Å². The Balaban J connectivity index is 1.78. The molecule has 0 spiro atoms. The van der Waals surface area contributed by atoms with Crippen LogP contribution < -0.4 is 5.32 Å². The molecule has 1 aromatic carbocycles. The van der Waals surface area contributed by atoms with Gasteiger partial charge in [0.15, 0.2) is 0 Å². The van der Waals surface area contributed by atoms with Crippen molar-refractivity contribution in [1.82, 2.24) is 15.2 Å².